The van der Waals surface area contributed by atoms with Crippen molar-refractivity contribution < 1.29 is 9.53 Å². The first-order valence-corrected chi connectivity index (χ1v) is 7.99. The van der Waals surface area contributed by atoms with Crippen molar-refractivity contribution in [2.45, 2.75) is 32.4 Å². The summed E-state index contributed by atoms with van der Waals surface area (Å²) < 4.78 is 5.54. The monoisotopic (exact) mass is 327 g/mol. The van der Waals surface area contributed by atoms with Crippen LogP contribution in [0.1, 0.15) is 28.2 Å². The molecule has 126 valence electrons. The molecule has 2 atom stereocenters. The molecule has 2 aromatic rings. The van der Waals surface area contributed by atoms with Gasteiger partial charge in [-0.3, -0.25) is 9.78 Å². The van der Waals surface area contributed by atoms with Gasteiger partial charge in [-0.1, -0.05) is 0 Å². The predicted octanol–water partition coefficient (Wildman–Crippen LogP) is 1.49. The van der Waals surface area contributed by atoms with Gasteiger partial charge < -0.3 is 15.4 Å². The molecule has 7 nitrogen and oxygen atoms in total. The van der Waals surface area contributed by atoms with E-state index in [-0.39, 0.29) is 18.0 Å². The largest absolute Gasteiger partial charge is 0.379 e. The number of rotatable bonds is 4. The van der Waals surface area contributed by atoms with Gasteiger partial charge in [-0.2, -0.15) is 0 Å². The molecule has 2 aromatic heterocycles. The first-order chi connectivity index (χ1) is 11.6. The standard InChI is InChI=1S/C17H21N5O2/c1-11-3-4-13(12(2)20-11)17(23)22-14-6-8-24-9-15(14)21-16-5-7-18-10-19-16/h3-5,7,10,14-15H,6,8-9H2,1-2H3,(H,22,23)(H,18,19,21)/t14-,15+/m0/s1. The first-order valence-electron chi connectivity index (χ1n) is 7.99. The molecule has 0 spiro atoms. The highest BCUT2D eigenvalue weighted by atomic mass is 16.5. The summed E-state index contributed by atoms with van der Waals surface area (Å²) in [6.07, 6.45) is 3.90. The molecule has 1 amide bonds. The van der Waals surface area contributed by atoms with Gasteiger partial charge in [-0.25, -0.2) is 9.97 Å². The smallest absolute Gasteiger partial charge is 0.253 e. The van der Waals surface area contributed by atoms with Gasteiger partial charge >= 0.3 is 0 Å². The van der Waals surface area contributed by atoms with Crippen molar-refractivity contribution in [3.05, 3.63) is 47.7 Å². The number of nitrogens with one attached hydrogen (secondary N) is 2. The van der Waals surface area contributed by atoms with Gasteiger partial charge in [0.25, 0.3) is 5.91 Å². The molecule has 3 rings (SSSR count). The summed E-state index contributed by atoms with van der Waals surface area (Å²) in [5.41, 5.74) is 2.24. The van der Waals surface area contributed by atoms with E-state index >= 15 is 0 Å². The summed E-state index contributed by atoms with van der Waals surface area (Å²) in [4.78, 5) is 25.0. The fraction of sp³-hybridized carbons (Fsp3) is 0.412. The van der Waals surface area contributed by atoms with Crippen molar-refractivity contribution in [2.24, 2.45) is 0 Å². The van der Waals surface area contributed by atoms with Crippen LogP contribution in [-0.2, 0) is 4.74 Å². The Morgan fingerprint density at radius 3 is 2.88 bits per heavy atom. The molecule has 0 aliphatic carbocycles. The van der Waals surface area contributed by atoms with E-state index in [1.807, 2.05) is 26.0 Å². The number of ether oxygens (including phenoxy) is 1. The Bertz CT molecular complexity index is 707. The molecule has 1 aliphatic heterocycles. The van der Waals surface area contributed by atoms with Crippen molar-refractivity contribution in [1.29, 1.82) is 0 Å². The van der Waals surface area contributed by atoms with Gasteiger partial charge in [0.15, 0.2) is 0 Å². The Labute approximate surface area is 140 Å². The van der Waals surface area contributed by atoms with Crippen LogP contribution in [0.3, 0.4) is 0 Å². The predicted molar refractivity (Wildman–Crippen MR) is 89.8 cm³/mol. The molecule has 0 saturated carbocycles. The minimum atomic E-state index is -0.110. The van der Waals surface area contributed by atoms with Gasteiger partial charge in [-0.15, -0.1) is 0 Å². The summed E-state index contributed by atoms with van der Waals surface area (Å²) in [7, 11) is 0. The van der Waals surface area contributed by atoms with Crippen LogP contribution in [0.2, 0.25) is 0 Å². The molecule has 7 heteroatoms. The van der Waals surface area contributed by atoms with Crippen molar-refractivity contribution >= 4 is 11.7 Å². The van der Waals surface area contributed by atoms with E-state index in [0.29, 0.717) is 24.6 Å². The Morgan fingerprint density at radius 1 is 1.25 bits per heavy atom. The SMILES string of the molecule is Cc1ccc(C(=O)N[C@H]2CCOC[C@H]2Nc2ccncn2)c(C)n1. The van der Waals surface area contributed by atoms with Crippen LogP contribution in [0.25, 0.3) is 0 Å². The molecule has 0 unspecified atom stereocenters. The van der Waals surface area contributed by atoms with E-state index in [2.05, 4.69) is 25.6 Å². The lowest BCUT2D eigenvalue weighted by Crippen LogP contribution is -2.52. The number of carbonyl (C=O) groups is 1. The summed E-state index contributed by atoms with van der Waals surface area (Å²) in [5.74, 6) is 0.606. The second-order valence-electron chi connectivity index (χ2n) is 5.87. The van der Waals surface area contributed by atoms with Crippen LogP contribution in [0.15, 0.2) is 30.7 Å². The molecule has 0 bridgehead atoms. The number of anilines is 1. The fourth-order valence-electron chi connectivity index (χ4n) is 2.79. The van der Waals surface area contributed by atoms with Crippen LogP contribution >= 0.6 is 0 Å². The van der Waals surface area contributed by atoms with Crippen molar-refractivity contribution in [1.82, 2.24) is 20.3 Å². The third-order valence-corrected chi connectivity index (χ3v) is 4.06. The van der Waals surface area contributed by atoms with Crippen LogP contribution < -0.4 is 10.6 Å². The van der Waals surface area contributed by atoms with Gasteiger partial charge in [-0.05, 0) is 38.5 Å². The van der Waals surface area contributed by atoms with Gasteiger partial charge in [0.1, 0.15) is 12.1 Å². The Hall–Kier alpha value is -2.54. The highest BCUT2D eigenvalue weighted by Gasteiger charge is 2.28. The zero-order chi connectivity index (χ0) is 16.9. The molecule has 0 radical (unpaired) electrons. The molecule has 1 saturated heterocycles. The lowest BCUT2D eigenvalue weighted by atomic mass is 10.0. The fourth-order valence-corrected chi connectivity index (χ4v) is 2.79. The lowest BCUT2D eigenvalue weighted by Gasteiger charge is -2.33. The normalized spacial score (nSPS) is 20.4. The van der Waals surface area contributed by atoms with E-state index in [0.717, 1.165) is 17.8 Å². The minimum Gasteiger partial charge on any atom is -0.379 e. The number of carbonyl (C=O) groups excluding carboxylic acids is 1. The van der Waals surface area contributed by atoms with E-state index in [1.54, 1.807) is 12.3 Å². The van der Waals surface area contributed by atoms with Gasteiger partial charge in [0.2, 0.25) is 0 Å². The highest BCUT2D eigenvalue weighted by Crippen LogP contribution is 2.14. The zero-order valence-electron chi connectivity index (χ0n) is 13.8. The van der Waals surface area contributed by atoms with E-state index in [4.69, 9.17) is 4.74 Å². The number of aryl methyl sites for hydroxylation is 2. The number of aromatic nitrogens is 3. The molecular weight excluding hydrogens is 306 g/mol. The average Bonchev–Trinajstić information content (AvgIpc) is 2.57. The highest BCUT2D eigenvalue weighted by molar-refractivity contribution is 5.95. The maximum atomic E-state index is 12.6. The topological polar surface area (TPSA) is 89.0 Å². The second kappa shape index (κ2) is 7.35. The Balaban J connectivity index is 1.70. The summed E-state index contributed by atoms with van der Waals surface area (Å²) in [6.45, 7) is 4.90. The van der Waals surface area contributed by atoms with Crippen molar-refractivity contribution in [3.8, 4) is 0 Å². The quantitative estimate of drug-likeness (QED) is 0.884. The molecular formula is C17H21N5O2. The van der Waals surface area contributed by atoms with Crippen molar-refractivity contribution in [3.63, 3.8) is 0 Å². The first kappa shape index (κ1) is 16.3. The molecule has 0 aromatic carbocycles. The van der Waals surface area contributed by atoms with E-state index in [9.17, 15) is 4.79 Å². The molecule has 2 N–H and O–H groups in total. The molecule has 24 heavy (non-hydrogen) atoms. The third-order valence-electron chi connectivity index (χ3n) is 4.06. The number of amides is 1. The maximum absolute atomic E-state index is 12.6. The van der Waals surface area contributed by atoms with Crippen molar-refractivity contribution in [2.75, 3.05) is 18.5 Å². The van der Waals surface area contributed by atoms with Gasteiger partial charge in [0.05, 0.1) is 29.9 Å². The van der Waals surface area contributed by atoms with Crippen LogP contribution in [0, 0.1) is 13.8 Å². The van der Waals surface area contributed by atoms with Crippen LogP contribution in [-0.4, -0.2) is 46.2 Å². The number of hydrogen-bond donors (Lipinski definition) is 2. The third kappa shape index (κ3) is 3.86. The number of hydrogen-bond acceptors (Lipinski definition) is 6. The van der Waals surface area contributed by atoms with E-state index in [1.165, 1.54) is 6.33 Å². The zero-order valence-corrected chi connectivity index (χ0v) is 13.8. The number of pyridine rings is 1. The summed E-state index contributed by atoms with van der Waals surface area (Å²) >= 11 is 0. The molecule has 1 fully saturated rings. The van der Waals surface area contributed by atoms with Crippen LogP contribution in [0.4, 0.5) is 5.82 Å². The Kier molecular flexibility index (Phi) is 5.00. The summed E-state index contributed by atoms with van der Waals surface area (Å²) in [6, 6.07) is 5.38. The average molecular weight is 327 g/mol. The Morgan fingerprint density at radius 2 is 2.12 bits per heavy atom. The van der Waals surface area contributed by atoms with E-state index < -0.39 is 0 Å². The second-order valence-corrected chi connectivity index (χ2v) is 5.87. The molecule has 1 aliphatic rings. The minimum absolute atomic E-state index is 0.0399. The lowest BCUT2D eigenvalue weighted by molar-refractivity contribution is 0.0619. The number of nitrogens with zero attached hydrogens (tertiary/aromatic N) is 3. The van der Waals surface area contributed by atoms with Crippen LogP contribution in [0.5, 0.6) is 0 Å². The molecule has 3 heterocycles. The van der Waals surface area contributed by atoms with Gasteiger partial charge in [0, 0.05) is 18.5 Å². The summed E-state index contributed by atoms with van der Waals surface area (Å²) in [5, 5.41) is 6.41. The maximum Gasteiger partial charge on any atom is 0.253 e.